The van der Waals surface area contributed by atoms with Gasteiger partial charge in [0.05, 0.1) is 18.1 Å². The van der Waals surface area contributed by atoms with E-state index >= 15 is 0 Å². The van der Waals surface area contributed by atoms with Gasteiger partial charge in [-0.1, -0.05) is 45.8 Å². The maximum absolute atomic E-state index is 5.49. The molecule has 0 bridgehead atoms. The van der Waals surface area contributed by atoms with Crippen molar-refractivity contribution in [3.05, 3.63) is 35.9 Å². The number of nitrogens with one attached hydrogen (secondary N) is 1. The minimum absolute atomic E-state index is 0. The standard InChI is InChI=1S/C17H21N3O.H2/c1-10(2)11-6-7-12(15-13(11)8-19-21-15)14-9-18-16(20-14)17(3,4)5;/h6-10H,1-5H3,(H,18,20);1H. The zero-order valence-corrected chi connectivity index (χ0v) is 13.2. The van der Waals surface area contributed by atoms with E-state index in [-0.39, 0.29) is 6.84 Å². The minimum atomic E-state index is -0.00332. The van der Waals surface area contributed by atoms with E-state index < -0.39 is 0 Å². The van der Waals surface area contributed by atoms with Crippen molar-refractivity contribution in [2.24, 2.45) is 0 Å². The molecule has 0 saturated heterocycles. The van der Waals surface area contributed by atoms with Gasteiger partial charge in [0.25, 0.3) is 0 Å². The fraction of sp³-hybridized carbons (Fsp3) is 0.412. The Balaban J connectivity index is 0.00000176. The Morgan fingerprint density at radius 3 is 2.57 bits per heavy atom. The lowest BCUT2D eigenvalue weighted by atomic mass is 9.96. The Labute approximate surface area is 126 Å². The van der Waals surface area contributed by atoms with Crippen LogP contribution in [0, 0.1) is 0 Å². The maximum Gasteiger partial charge on any atom is 0.176 e. The van der Waals surface area contributed by atoms with Crippen molar-refractivity contribution < 1.29 is 5.95 Å². The van der Waals surface area contributed by atoms with E-state index in [0.29, 0.717) is 5.92 Å². The number of imidazole rings is 1. The summed E-state index contributed by atoms with van der Waals surface area (Å²) in [7, 11) is 0. The second-order valence-electron chi connectivity index (χ2n) is 6.82. The monoisotopic (exact) mass is 285 g/mol. The van der Waals surface area contributed by atoms with Crippen LogP contribution in [0.3, 0.4) is 0 Å². The maximum atomic E-state index is 5.49. The quantitative estimate of drug-likeness (QED) is 0.729. The third-order valence-corrected chi connectivity index (χ3v) is 3.75. The number of H-pyrrole nitrogens is 1. The largest absolute Gasteiger partial charge is 0.356 e. The molecule has 2 heterocycles. The molecule has 0 unspecified atom stereocenters. The Morgan fingerprint density at radius 1 is 1.19 bits per heavy atom. The molecule has 0 aliphatic rings. The molecule has 112 valence electrons. The average molecular weight is 285 g/mol. The van der Waals surface area contributed by atoms with E-state index in [1.54, 1.807) is 6.20 Å². The predicted molar refractivity (Wildman–Crippen MR) is 86.5 cm³/mol. The molecule has 0 spiro atoms. The van der Waals surface area contributed by atoms with Gasteiger partial charge in [0.15, 0.2) is 5.58 Å². The van der Waals surface area contributed by atoms with E-state index in [0.717, 1.165) is 28.1 Å². The van der Waals surface area contributed by atoms with Gasteiger partial charge >= 0.3 is 0 Å². The van der Waals surface area contributed by atoms with Crippen molar-refractivity contribution in [2.45, 2.75) is 46.0 Å². The molecule has 21 heavy (non-hydrogen) atoms. The van der Waals surface area contributed by atoms with Crippen molar-refractivity contribution in [2.75, 3.05) is 0 Å². The van der Waals surface area contributed by atoms with Crippen LogP contribution in [-0.4, -0.2) is 15.1 Å². The van der Waals surface area contributed by atoms with E-state index in [1.165, 1.54) is 5.56 Å². The van der Waals surface area contributed by atoms with Gasteiger partial charge in [-0.2, -0.15) is 0 Å². The number of aromatic amines is 1. The molecule has 4 nitrogen and oxygen atoms in total. The summed E-state index contributed by atoms with van der Waals surface area (Å²) in [6.07, 6.45) is 3.67. The molecule has 0 amide bonds. The summed E-state index contributed by atoms with van der Waals surface area (Å²) < 4.78 is 5.49. The van der Waals surface area contributed by atoms with Gasteiger partial charge in [-0.05, 0) is 17.5 Å². The van der Waals surface area contributed by atoms with Crippen LogP contribution in [0.1, 0.15) is 53.4 Å². The molecule has 1 aromatic carbocycles. The van der Waals surface area contributed by atoms with Gasteiger partial charge in [0, 0.05) is 17.8 Å². The van der Waals surface area contributed by atoms with Crippen LogP contribution < -0.4 is 0 Å². The van der Waals surface area contributed by atoms with E-state index in [9.17, 15) is 0 Å². The second kappa shape index (κ2) is 4.72. The summed E-state index contributed by atoms with van der Waals surface area (Å²) in [5.41, 5.74) is 4.05. The molecule has 3 rings (SSSR count). The smallest absolute Gasteiger partial charge is 0.176 e. The third-order valence-electron chi connectivity index (χ3n) is 3.75. The van der Waals surface area contributed by atoms with Crippen LogP contribution >= 0.6 is 0 Å². The number of benzene rings is 1. The highest BCUT2D eigenvalue weighted by Crippen LogP contribution is 2.33. The van der Waals surface area contributed by atoms with Gasteiger partial charge in [-0.25, -0.2) is 4.98 Å². The molecule has 3 aromatic rings. The van der Waals surface area contributed by atoms with E-state index in [4.69, 9.17) is 4.52 Å². The molecular weight excluding hydrogens is 262 g/mol. The van der Waals surface area contributed by atoms with Gasteiger partial charge < -0.3 is 9.51 Å². The minimum Gasteiger partial charge on any atom is -0.356 e. The van der Waals surface area contributed by atoms with Crippen LogP contribution in [0.5, 0.6) is 0 Å². The van der Waals surface area contributed by atoms with Crippen molar-refractivity contribution in [1.29, 1.82) is 0 Å². The van der Waals surface area contributed by atoms with Gasteiger partial charge in [-0.15, -0.1) is 0 Å². The Hall–Kier alpha value is -2.10. The van der Waals surface area contributed by atoms with Crippen molar-refractivity contribution in [1.82, 2.24) is 15.1 Å². The molecule has 0 radical (unpaired) electrons. The first-order chi connectivity index (χ1) is 9.88. The number of rotatable bonds is 2. The Morgan fingerprint density at radius 2 is 1.95 bits per heavy atom. The zero-order chi connectivity index (χ0) is 15.2. The Bertz CT molecular complexity index is 781. The molecule has 2 aromatic heterocycles. The van der Waals surface area contributed by atoms with E-state index in [2.05, 4.69) is 61.9 Å². The molecule has 4 heteroatoms. The van der Waals surface area contributed by atoms with Gasteiger partial charge in [0.1, 0.15) is 5.82 Å². The highest BCUT2D eigenvalue weighted by atomic mass is 16.5. The number of nitrogens with zero attached hydrogens (tertiary/aromatic N) is 2. The third kappa shape index (κ3) is 2.35. The lowest BCUT2D eigenvalue weighted by molar-refractivity contribution is 0.457. The number of fused-ring (bicyclic) bond motifs is 1. The van der Waals surface area contributed by atoms with Crippen LogP contribution in [0.25, 0.3) is 22.2 Å². The number of hydrogen-bond donors (Lipinski definition) is 1. The van der Waals surface area contributed by atoms with Crippen molar-refractivity contribution in [3.63, 3.8) is 0 Å². The molecular formula is C17H23N3O. The highest BCUT2D eigenvalue weighted by molar-refractivity contribution is 5.93. The number of hydrogen-bond acceptors (Lipinski definition) is 3. The normalized spacial score (nSPS) is 12.5. The fourth-order valence-electron chi connectivity index (χ4n) is 2.53. The van der Waals surface area contributed by atoms with E-state index in [1.807, 2.05) is 6.20 Å². The van der Waals surface area contributed by atoms with Crippen molar-refractivity contribution >= 4 is 11.0 Å². The van der Waals surface area contributed by atoms with Gasteiger partial charge in [-0.3, -0.25) is 0 Å². The first-order valence-electron chi connectivity index (χ1n) is 7.31. The molecule has 0 aliphatic heterocycles. The fourth-order valence-corrected chi connectivity index (χ4v) is 2.53. The topological polar surface area (TPSA) is 54.7 Å². The zero-order valence-electron chi connectivity index (χ0n) is 13.2. The molecule has 0 aliphatic carbocycles. The summed E-state index contributed by atoms with van der Waals surface area (Å²) in [6, 6.07) is 4.24. The van der Waals surface area contributed by atoms with Gasteiger partial charge in [0.2, 0.25) is 0 Å². The summed E-state index contributed by atoms with van der Waals surface area (Å²) in [5.74, 6) is 1.41. The summed E-state index contributed by atoms with van der Waals surface area (Å²) in [5, 5.41) is 5.05. The second-order valence-corrected chi connectivity index (χ2v) is 6.82. The summed E-state index contributed by atoms with van der Waals surface area (Å²) >= 11 is 0. The number of aromatic nitrogens is 3. The predicted octanol–water partition coefficient (Wildman–Crippen LogP) is 4.88. The van der Waals surface area contributed by atoms with Crippen molar-refractivity contribution in [3.8, 4) is 11.3 Å². The molecule has 0 saturated carbocycles. The highest BCUT2D eigenvalue weighted by Gasteiger charge is 2.20. The lowest BCUT2D eigenvalue weighted by Crippen LogP contribution is -2.13. The Kier molecular flexibility index (Phi) is 3.12. The SMILES string of the molecule is CC(C)c1ccc(-c2cnc(C(C)(C)C)[nH]2)c2oncc12.[HH]. The molecule has 0 fully saturated rings. The summed E-state index contributed by atoms with van der Waals surface area (Å²) in [4.78, 5) is 7.90. The van der Waals surface area contributed by atoms with Crippen LogP contribution in [0.2, 0.25) is 0 Å². The summed E-state index contributed by atoms with van der Waals surface area (Å²) in [6.45, 7) is 10.8. The lowest BCUT2D eigenvalue weighted by Gasteiger charge is -2.14. The van der Waals surface area contributed by atoms with Crippen LogP contribution in [-0.2, 0) is 5.41 Å². The van der Waals surface area contributed by atoms with Crippen LogP contribution in [0.4, 0.5) is 0 Å². The molecule has 0 atom stereocenters. The average Bonchev–Trinajstić information content (AvgIpc) is 3.05. The van der Waals surface area contributed by atoms with Crippen LogP contribution in [0.15, 0.2) is 29.0 Å². The molecule has 1 N–H and O–H groups in total. The first-order valence-corrected chi connectivity index (χ1v) is 7.31. The first kappa shape index (κ1) is 13.9.